The number of nitrogens with two attached hydrogens (primary N) is 1. The van der Waals surface area contributed by atoms with E-state index in [2.05, 4.69) is 80.3 Å². The zero-order chi connectivity index (χ0) is 18.8. The van der Waals surface area contributed by atoms with Gasteiger partial charge in [-0.05, 0) is 55.6 Å². The average Bonchev–Trinajstić information content (AvgIpc) is 2.65. The molecule has 0 radical (unpaired) electrons. The van der Waals surface area contributed by atoms with E-state index in [1.807, 2.05) is 12.1 Å². The highest BCUT2D eigenvalue weighted by Gasteiger charge is 2.21. The van der Waals surface area contributed by atoms with Gasteiger partial charge in [0, 0.05) is 5.69 Å². The average molecular weight is 366 g/mol. The van der Waals surface area contributed by atoms with E-state index < -0.39 is 8.07 Å². The molecule has 5 rings (SSSR count). The predicted molar refractivity (Wildman–Crippen MR) is 123 cm³/mol. The van der Waals surface area contributed by atoms with Crippen LogP contribution in [0.2, 0.25) is 19.6 Å². The molecule has 132 valence electrons. The molecule has 2 heteroatoms. The molecule has 0 saturated carbocycles. The molecular weight excluding hydrogens is 342 g/mol. The van der Waals surface area contributed by atoms with Gasteiger partial charge in [0.15, 0.2) is 0 Å². The summed E-state index contributed by atoms with van der Waals surface area (Å²) >= 11 is 0. The Morgan fingerprint density at radius 2 is 1.15 bits per heavy atom. The lowest BCUT2D eigenvalue weighted by molar-refractivity contribution is 1.65. The molecule has 5 aromatic carbocycles. The molecule has 27 heavy (non-hydrogen) atoms. The van der Waals surface area contributed by atoms with Crippen molar-refractivity contribution in [2.75, 3.05) is 5.73 Å². The van der Waals surface area contributed by atoms with Crippen molar-refractivity contribution in [2.45, 2.75) is 19.6 Å². The van der Waals surface area contributed by atoms with E-state index in [0.717, 1.165) is 5.69 Å². The van der Waals surface area contributed by atoms with Gasteiger partial charge in [-0.3, -0.25) is 0 Å². The van der Waals surface area contributed by atoms with E-state index in [-0.39, 0.29) is 0 Å². The van der Waals surface area contributed by atoms with Crippen LogP contribution >= 0.6 is 0 Å². The van der Waals surface area contributed by atoms with E-state index >= 15 is 0 Å². The molecule has 0 aliphatic rings. The second-order valence-electron chi connectivity index (χ2n) is 8.52. The summed E-state index contributed by atoms with van der Waals surface area (Å²) in [5.41, 5.74) is 9.19. The standard InChI is InChI=1S/C25H23NSi/c1-27(2,3)23-15-9-18-7-13-21-20(16-4-10-19(26)11-5-16)12-6-17-8-14-22(23)25(18)24(17)21/h4-15H,26H2,1-3H3. The van der Waals surface area contributed by atoms with Crippen molar-refractivity contribution in [3.63, 3.8) is 0 Å². The van der Waals surface area contributed by atoms with Crippen molar-refractivity contribution in [2.24, 2.45) is 0 Å². The molecule has 1 nitrogen and oxygen atoms in total. The van der Waals surface area contributed by atoms with Crippen LogP contribution < -0.4 is 10.9 Å². The number of nitrogen functional groups attached to an aromatic ring is 1. The zero-order valence-electron chi connectivity index (χ0n) is 16.0. The number of rotatable bonds is 2. The highest BCUT2D eigenvalue weighted by atomic mass is 28.3. The highest BCUT2D eigenvalue weighted by Crippen LogP contribution is 2.39. The van der Waals surface area contributed by atoms with Crippen LogP contribution in [0.4, 0.5) is 5.69 Å². The second-order valence-corrected chi connectivity index (χ2v) is 13.6. The first-order valence-corrected chi connectivity index (χ1v) is 13.0. The lowest BCUT2D eigenvalue weighted by atomic mass is 9.90. The van der Waals surface area contributed by atoms with Crippen LogP contribution in [0, 0.1) is 0 Å². The lowest BCUT2D eigenvalue weighted by Crippen LogP contribution is -2.38. The molecule has 5 aromatic rings. The summed E-state index contributed by atoms with van der Waals surface area (Å²) in [5, 5.41) is 9.75. The van der Waals surface area contributed by atoms with E-state index in [9.17, 15) is 0 Å². The Bertz CT molecular complexity index is 1290. The summed E-state index contributed by atoms with van der Waals surface area (Å²) in [7, 11) is -1.42. The van der Waals surface area contributed by atoms with Gasteiger partial charge in [-0.25, -0.2) is 0 Å². The third kappa shape index (κ3) is 2.44. The van der Waals surface area contributed by atoms with Crippen LogP contribution in [0.3, 0.4) is 0 Å². The number of anilines is 1. The van der Waals surface area contributed by atoms with E-state index in [4.69, 9.17) is 5.73 Å². The van der Waals surface area contributed by atoms with Gasteiger partial charge in [0.1, 0.15) is 0 Å². The first-order chi connectivity index (χ1) is 12.9. The summed E-state index contributed by atoms with van der Waals surface area (Å²) in [6, 6.07) is 26.6. The van der Waals surface area contributed by atoms with E-state index in [1.54, 1.807) is 5.19 Å². The number of benzene rings is 5. The van der Waals surface area contributed by atoms with Crippen molar-refractivity contribution >= 4 is 51.3 Å². The maximum absolute atomic E-state index is 5.90. The molecule has 2 N–H and O–H groups in total. The van der Waals surface area contributed by atoms with Crippen molar-refractivity contribution in [1.29, 1.82) is 0 Å². The van der Waals surface area contributed by atoms with Gasteiger partial charge in [-0.15, -0.1) is 0 Å². The van der Waals surface area contributed by atoms with Gasteiger partial charge in [0.25, 0.3) is 0 Å². The maximum atomic E-state index is 5.90. The molecule has 0 saturated heterocycles. The Morgan fingerprint density at radius 3 is 1.81 bits per heavy atom. The summed E-state index contributed by atoms with van der Waals surface area (Å²) in [4.78, 5) is 0. The highest BCUT2D eigenvalue weighted by molar-refractivity contribution is 6.90. The minimum absolute atomic E-state index is 0.802. The molecule has 0 bridgehead atoms. The molecule has 0 heterocycles. The fraction of sp³-hybridized carbons (Fsp3) is 0.120. The van der Waals surface area contributed by atoms with Crippen LogP contribution in [0.5, 0.6) is 0 Å². The van der Waals surface area contributed by atoms with Gasteiger partial charge >= 0.3 is 0 Å². The maximum Gasteiger partial charge on any atom is 0.0784 e. The molecule has 0 fully saturated rings. The molecular formula is C25H23NSi. The molecule has 0 aliphatic heterocycles. The molecule has 0 spiro atoms. The molecule has 0 aliphatic carbocycles. The number of hydrogen-bond donors (Lipinski definition) is 1. The van der Waals surface area contributed by atoms with Crippen LogP contribution in [-0.4, -0.2) is 8.07 Å². The smallest absolute Gasteiger partial charge is 0.0784 e. The van der Waals surface area contributed by atoms with Crippen molar-refractivity contribution in [1.82, 2.24) is 0 Å². The molecule has 0 unspecified atom stereocenters. The normalized spacial score (nSPS) is 12.4. The van der Waals surface area contributed by atoms with Crippen molar-refractivity contribution in [3.8, 4) is 11.1 Å². The Balaban J connectivity index is 1.94. The zero-order valence-corrected chi connectivity index (χ0v) is 17.0. The predicted octanol–water partition coefficient (Wildman–Crippen LogP) is 6.38. The lowest BCUT2D eigenvalue weighted by Gasteiger charge is -2.22. The van der Waals surface area contributed by atoms with E-state index in [1.165, 1.54) is 43.4 Å². The van der Waals surface area contributed by atoms with Gasteiger partial charge in [0.2, 0.25) is 0 Å². The Kier molecular flexibility index (Phi) is 3.37. The van der Waals surface area contributed by atoms with Gasteiger partial charge < -0.3 is 5.73 Å². The van der Waals surface area contributed by atoms with Crippen molar-refractivity contribution < 1.29 is 0 Å². The van der Waals surface area contributed by atoms with Gasteiger partial charge in [-0.1, -0.05) is 85.5 Å². The topological polar surface area (TPSA) is 26.0 Å². The first-order valence-electron chi connectivity index (χ1n) is 9.50. The third-order valence-electron chi connectivity index (χ3n) is 5.69. The summed E-state index contributed by atoms with van der Waals surface area (Å²) in [6.07, 6.45) is 0. The Labute approximate surface area is 160 Å². The SMILES string of the molecule is C[Si](C)(C)c1ccc2ccc3c(-c4ccc(N)cc4)ccc4ccc1c2c43. The van der Waals surface area contributed by atoms with Crippen LogP contribution in [0.15, 0.2) is 72.8 Å². The van der Waals surface area contributed by atoms with Crippen LogP contribution in [-0.2, 0) is 0 Å². The van der Waals surface area contributed by atoms with Crippen LogP contribution in [0.1, 0.15) is 0 Å². The summed E-state index contributed by atoms with van der Waals surface area (Å²) in [6.45, 7) is 7.29. The van der Waals surface area contributed by atoms with Gasteiger partial charge in [-0.2, -0.15) is 0 Å². The largest absolute Gasteiger partial charge is 0.399 e. The second kappa shape index (κ2) is 5.58. The van der Waals surface area contributed by atoms with Gasteiger partial charge in [0.05, 0.1) is 8.07 Å². The fourth-order valence-corrected chi connectivity index (χ4v) is 5.97. The monoisotopic (exact) mass is 365 g/mol. The minimum Gasteiger partial charge on any atom is -0.399 e. The molecule has 0 amide bonds. The summed E-state index contributed by atoms with van der Waals surface area (Å²) in [5.74, 6) is 0. The van der Waals surface area contributed by atoms with Crippen molar-refractivity contribution in [3.05, 3.63) is 72.8 Å². The summed E-state index contributed by atoms with van der Waals surface area (Å²) < 4.78 is 0. The fourth-order valence-electron chi connectivity index (χ4n) is 4.37. The number of hydrogen-bond acceptors (Lipinski definition) is 1. The molecule has 0 atom stereocenters. The van der Waals surface area contributed by atoms with Crippen LogP contribution in [0.25, 0.3) is 43.4 Å². The Hall–Kier alpha value is -2.84. The third-order valence-corrected chi connectivity index (χ3v) is 7.75. The molecule has 0 aromatic heterocycles. The quantitative estimate of drug-likeness (QED) is 0.219. The Morgan fingerprint density at radius 1 is 0.593 bits per heavy atom. The minimum atomic E-state index is -1.42. The van der Waals surface area contributed by atoms with E-state index in [0.29, 0.717) is 0 Å². The first kappa shape index (κ1) is 16.3.